The van der Waals surface area contributed by atoms with Crippen molar-refractivity contribution in [2.75, 3.05) is 5.75 Å². The normalized spacial score (nSPS) is 12.6. The Kier molecular flexibility index (Phi) is 9.71. The molecular formula is C28H31FN2O2S. The first-order chi connectivity index (χ1) is 16.5. The van der Waals surface area contributed by atoms with Gasteiger partial charge in [0.15, 0.2) is 0 Å². The summed E-state index contributed by atoms with van der Waals surface area (Å²) in [6, 6.07) is 24.8. The van der Waals surface area contributed by atoms with Gasteiger partial charge in [0, 0.05) is 23.9 Å². The van der Waals surface area contributed by atoms with E-state index in [1.165, 1.54) is 23.9 Å². The molecule has 0 heterocycles. The molecule has 178 valence electrons. The molecule has 6 heteroatoms. The number of hydrogen-bond donors (Lipinski definition) is 1. The third-order valence-corrected chi connectivity index (χ3v) is 6.64. The second kappa shape index (κ2) is 12.9. The molecule has 0 spiro atoms. The molecule has 0 bridgehead atoms. The average Bonchev–Trinajstić information content (AvgIpc) is 2.87. The van der Waals surface area contributed by atoms with Crippen LogP contribution in [-0.4, -0.2) is 34.6 Å². The number of halogens is 1. The summed E-state index contributed by atoms with van der Waals surface area (Å²) in [7, 11) is 0. The molecule has 4 nitrogen and oxygen atoms in total. The van der Waals surface area contributed by atoms with Gasteiger partial charge in [-0.25, -0.2) is 4.39 Å². The van der Waals surface area contributed by atoms with Crippen LogP contribution in [0.3, 0.4) is 0 Å². The Balaban J connectivity index is 1.90. The fraction of sp³-hybridized carbons (Fsp3) is 0.286. The molecule has 3 aromatic carbocycles. The summed E-state index contributed by atoms with van der Waals surface area (Å²) in [4.78, 5) is 29.6. The number of thioether (sulfide) groups is 1. The first-order valence-corrected chi connectivity index (χ1v) is 12.5. The first kappa shape index (κ1) is 25.5. The molecule has 0 aliphatic rings. The van der Waals surface area contributed by atoms with E-state index in [9.17, 15) is 14.0 Å². The molecule has 34 heavy (non-hydrogen) atoms. The summed E-state index contributed by atoms with van der Waals surface area (Å²) >= 11 is 1.44. The van der Waals surface area contributed by atoms with Gasteiger partial charge in [0.25, 0.3) is 0 Å². The number of nitrogens with zero attached hydrogens (tertiary/aromatic N) is 1. The van der Waals surface area contributed by atoms with Crippen LogP contribution in [0.4, 0.5) is 4.39 Å². The first-order valence-electron chi connectivity index (χ1n) is 11.5. The molecule has 3 aromatic rings. The predicted molar refractivity (Wildman–Crippen MR) is 136 cm³/mol. The summed E-state index contributed by atoms with van der Waals surface area (Å²) < 4.78 is 13.5. The number of carbonyl (C=O) groups is 2. The fourth-order valence-electron chi connectivity index (χ4n) is 3.53. The van der Waals surface area contributed by atoms with Gasteiger partial charge in [-0.05, 0) is 48.7 Å². The maximum atomic E-state index is 13.5. The fourth-order valence-corrected chi connectivity index (χ4v) is 4.33. The van der Waals surface area contributed by atoms with Crippen LogP contribution in [-0.2, 0) is 22.6 Å². The Morgan fingerprint density at radius 2 is 1.53 bits per heavy atom. The van der Waals surface area contributed by atoms with Gasteiger partial charge in [-0.2, -0.15) is 0 Å². The zero-order valence-corrected chi connectivity index (χ0v) is 20.4. The van der Waals surface area contributed by atoms with Crippen LogP contribution in [0.25, 0.3) is 0 Å². The molecule has 3 rings (SSSR count). The molecule has 0 saturated heterocycles. The second-order valence-corrected chi connectivity index (χ2v) is 9.32. The van der Waals surface area contributed by atoms with Crippen molar-refractivity contribution in [3.63, 3.8) is 0 Å². The van der Waals surface area contributed by atoms with Crippen molar-refractivity contribution < 1.29 is 14.0 Å². The highest BCUT2D eigenvalue weighted by Crippen LogP contribution is 2.21. The van der Waals surface area contributed by atoms with E-state index in [4.69, 9.17) is 0 Å². The minimum Gasteiger partial charge on any atom is -0.352 e. The lowest BCUT2D eigenvalue weighted by Crippen LogP contribution is -2.52. The number of nitrogens with one attached hydrogen (secondary N) is 1. The Hall–Kier alpha value is -3.12. The van der Waals surface area contributed by atoms with Crippen LogP contribution in [0.2, 0.25) is 0 Å². The van der Waals surface area contributed by atoms with Gasteiger partial charge in [-0.3, -0.25) is 9.59 Å². The molecule has 0 aliphatic heterocycles. The topological polar surface area (TPSA) is 49.4 Å². The van der Waals surface area contributed by atoms with Crippen molar-refractivity contribution in [1.82, 2.24) is 10.2 Å². The molecule has 2 amide bonds. The number of rotatable bonds is 11. The van der Waals surface area contributed by atoms with Gasteiger partial charge < -0.3 is 10.2 Å². The lowest BCUT2D eigenvalue weighted by Gasteiger charge is -2.32. The molecule has 0 radical (unpaired) electrons. The smallest absolute Gasteiger partial charge is 0.243 e. The highest BCUT2D eigenvalue weighted by atomic mass is 32.2. The highest BCUT2D eigenvalue weighted by Gasteiger charge is 2.31. The van der Waals surface area contributed by atoms with Crippen LogP contribution in [0.15, 0.2) is 89.8 Å². The standard InChI is InChI=1S/C28H31FN2O2S/c1-3-21(2)30-28(33)26(18-22-10-6-4-7-11-22)31(19-23-14-16-24(29)17-15-23)27(32)20-34-25-12-8-5-9-13-25/h4-17,21,26H,3,18-20H2,1-2H3,(H,30,33)/t21-,26+/m1/s1. The molecular weight excluding hydrogens is 447 g/mol. The van der Waals surface area contributed by atoms with Crippen molar-refractivity contribution in [1.29, 1.82) is 0 Å². The Morgan fingerprint density at radius 1 is 0.912 bits per heavy atom. The van der Waals surface area contributed by atoms with Gasteiger partial charge in [0.1, 0.15) is 11.9 Å². The van der Waals surface area contributed by atoms with Crippen molar-refractivity contribution >= 4 is 23.6 Å². The highest BCUT2D eigenvalue weighted by molar-refractivity contribution is 8.00. The minimum absolute atomic E-state index is 0.00718. The van der Waals surface area contributed by atoms with Gasteiger partial charge in [0.2, 0.25) is 11.8 Å². The number of hydrogen-bond acceptors (Lipinski definition) is 3. The van der Waals surface area contributed by atoms with E-state index >= 15 is 0 Å². The average molecular weight is 479 g/mol. The van der Waals surface area contributed by atoms with Gasteiger partial charge >= 0.3 is 0 Å². The van der Waals surface area contributed by atoms with Gasteiger partial charge in [-0.1, -0.05) is 67.6 Å². The monoisotopic (exact) mass is 478 g/mol. The molecule has 0 unspecified atom stereocenters. The maximum absolute atomic E-state index is 13.5. The molecule has 0 saturated carbocycles. The van der Waals surface area contributed by atoms with Crippen LogP contribution in [0.1, 0.15) is 31.4 Å². The van der Waals surface area contributed by atoms with E-state index in [2.05, 4.69) is 5.32 Å². The summed E-state index contributed by atoms with van der Waals surface area (Å²) in [5.74, 6) is -0.457. The summed E-state index contributed by atoms with van der Waals surface area (Å²) in [6.45, 7) is 4.18. The van der Waals surface area contributed by atoms with Crippen LogP contribution < -0.4 is 5.32 Å². The summed E-state index contributed by atoms with van der Waals surface area (Å²) in [5.41, 5.74) is 1.74. The largest absolute Gasteiger partial charge is 0.352 e. The SMILES string of the molecule is CC[C@@H](C)NC(=O)[C@H](Cc1ccccc1)N(Cc1ccc(F)cc1)C(=O)CSc1ccccc1. The molecule has 2 atom stereocenters. The lowest BCUT2D eigenvalue weighted by atomic mass is 10.0. The lowest BCUT2D eigenvalue weighted by molar-refractivity contribution is -0.139. The quantitative estimate of drug-likeness (QED) is 0.372. The zero-order chi connectivity index (χ0) is 24.3. The maximum Gasteiger partial charge on any atom is 0.243 e. The Labute approximate surface area is 205 Å². The molecule has 0 aromatic heterocycles. The molecule has 0 fully saturated rings. The van der Waals surface area contributed by atoms with Gasteiger partial charge in [-0.15, -0.1) is 11.8 Å². The number of benzene rings is 3. The third kappa shape index (κ3) is 7.73. The second-order valence-electron chi connectivity index (χ2n) is 8.27. The van der Waals surface area contributed by atoms with Crippen LogP contribution in [0, 0.1) is 5.82 Å². The van der Waals surface area contributed by atoms with E-state index in [1.807, 2.05) is 74.5 Å². The van der Waals surface area contributed by atoms with E-state index in [-0.39, 0.29) is 36.0 Å². The third-order valence-electron chi connectivity index (χ3n) is 5.64. The Bertz CT molecular complexity index is 1050. The van der Waals surface area contributed by atoms with Crippen molar-refractivity contribution in [3.05, 3.63) is 102 Å². The minimum atomic E-state index is -0.690. The Morgan fingerprint density at radius 3 is 2.15 bits per heavy atom. The van der Waals surface area contributed by atoms with E-state index in [0.717, 1.165) is 22.4 Å². The van der Waals surface area contributed by atoms with E-state index in [0.29, 0.717) is 6.42 Å². The van der Waals surface area contributed by atoms with E-state index in [1.54, 1.807) is 17.0 Å². The summed E-state index contributed by atoms with van der Waals surface area (Å²) in [6.07, 6.45) is 1.19. The molecule has 1 N–H and O–H groups in total. The van der Waals surface area contributed by atoms with Crippen molar-refractivity contribution in [3.8, 4) is 0 Å². The summed E-state index contributed by atoms with van der Waals surface area (Å²) in [5, 5.41) is 3.05. The van der Waals surface area contributed by atoms with Crippen LogP contribution in [0.5, 0.6) is 0 Å². The van der Waals surface area contributed by atoms with E-state index < -0.39 is 6.04 Å². The van der Waals surface area contributed by atoms with Crippen molar-refractivity contribution in [2.45, 2.75) is 50.2 Å². The zero-order valence-electron chi connectivity index (χ0n) is 19.6. The predicted octanol–water partition coefficient (Wildman–Crippen LogP) is 5.47. The van der Waals surface area contributed by atoms with Crippen molar-refractivity contribution in [2.24, 2.45) is 0 Å². The van der Waals surface area contributed by atoms with Crippen LogP contribution >= 0.6 is 11.8 Å². The number of carbonyl (C=O) groups excluding carboxylic acids is 2. The number of amides is 2. The molecule has 0 aliphatic carbocycles. The van der Waals surface area contributed by atoms with Gasteiger partial charge in [0.05, 0.1) is 5.75 Å².